The van der Waals surface area contributed by atoms with Crippen molar-refractivity contribution < 1.29 is 22.7 Å². The zero-order valence-electron chi connectivity index (χ0n) is 13.2. The zero-order valence-corrected chi connectivity index (χ0v) is 13.2. The van der Waals surface area contributed by atoms with Crippen LogP contribution in [0, 0.1) is 0 Å². The molecule has 1 aromatic rings. The molecule has 6 nitrogen and oxygen atoms in total. The summed E-state index contributed by atoms with van der Waals surface area (Å²) in [5, 5.41) is 0. The van der Waals surface area contributed by atoms with Gasteiger partial charge in [-0.1, -0.05) is 13.0 Å². The van der Waals surface area contributed by atoms with E-state index in [2.05, 4.69) is 6.58 Å². The summed E-state index contributed by atoms with van der Waals surface area (Å²) in [5.74, 6) is -0.475. The van der Waals surface area contributed by atoms with E-state index in [4.69, 9.17) is 4.74 Å². The Morgan fingerprint density at radius 3 is 2.46 bits per heavy atom. The summed E-state index contributed by atoms with van der Waals surface area (Å²) in [6.07, 6.45) is -2.26. The van der Waals surface area contributed by atoms with Gasteiger partial charge in [0, 0.05) is 18.3 Å². The van der Waals surface area contributed by atoms with Gasteiger partial charge in [0.15, 0.2) is 0 Å². The van der Waals surface area contributed by atoms with Crippen LogP contribution in [0.4, 0.5) is 13.2 Å². The van der Waals surface area contributed by atoms with Crippen molar-refractivity contribution in [3.63, 3.8) is 0 Å². The number of nitrogens with zero attached hydrogens (tertiary/aromatic N) is 1. The number of hydrogen-bond donors (Lipinski definition) is 1. The summed E-state index contributed by atoms with van der Waals surface area (Å²) < 4.78 is 43.3. The van der Waals surface area contributed by atoms with Gasteiger partial charge in [0.1, 0.15) is 5.56 Å². The fourth-order valence-corrected chi connectivity index (χ4v) is 1.93. The third-order valence-electron chi connectivity index (χ3n) is 3.22. The van der Waals surface area contributed by atoms with Crippen LogP contribution >= 0.6 is 0 Å². The van der Waals surface area contributed by atoms with Gasteiger partial charge >= 0.3 is 17.8 Å². The highest BCUT2D eigenvalue weighted by atomic mass is 19.4. The number of hydrogen-bond acceptors (Lipinski definition) is 4. The molecule has 0 fully saturated rings. The average Bonchev–Trinajstić information content (AvgIpc) is 2.47. The molecule has 0 spiro atoms. The normalized spacial score (nSPS) is 11.3. The maximum atomic E-state index is 12.6. The van der Waals surface area contributed by atoms with Crippen LogP contribution in [0.15, 0.2) is 27.9 Å². The van der Waals surface area contributed by atoms with Crippen molar-refractivity contribution in [2.24, 2.45) is 0 Å². The van der Waals surface area contributed by atoms with Crippen molar-refractivity contribution in [2.75, 3.05) is 6.61 Å². The Kier molecular flexibility index (Phi) is 6.99. The fourth-order valence-electron chi connectivity index (χ4n) is 1.93. The zero-order chi connectivity index (χ0) is 18.3. The largest absolute Gasteiger partial charge is 0.462 e. The Hall–Kier alpha value is -2.32. The number of H-pyrrole nitrogens is 1. The Morgan fingerprint density at radius 2 is 1.88 bits per heavy atom. The van der Waals surface area contributed by atoms with E-state index in [9.17, 15) is 27.6 Å². The Balaban J connectivity index is 2.46. The van der Waals surface area contributed by atoms with E-state index in [1.165, 1.54) is 6.92 Å². The molecule has 0 saturated heterocycles. The molecule has 134 valence electrons. The minimum atomic E-state index is -4.81. The molecule has 0 aromatic carbocycles. The minimum absolute atomic E-state index is 0.107. The first-order valence-electron chi connectivity index (χ1n) is 7.37. The molecular formula is C15H19F3N2O4. The highest BCUT2D eigenvalue weighted by Gasteiger charge is 2.35. The van der Waals surface area contributed by atoms with Crippen LogP contribution in [0.5, 0.6) is 0 Å². The van der Waals surface area contributed by atoms with Crippen LogP contribution < -0.4 is 11.2 Å². The van der Waals surface area contributed by atoms with E-state index in [-0.39, 0.29) is 13.2 Å². The molecule has 0 saturated carbocycles. The third-order valence-corrected chi connectivity index (χ3v) is 3.22. The lowest BCUT2D eigenvalue weighted by Gasteiger charge is -2.09. The summed E-state index contributed by atoms with van der Waals surface area (Å²) in [5.41, 5.74) is -3.31. The lowest BCUT2D eigenvalue weighted by atomic mass is 10.2. The molecular weight excluding hydrogens is 329 g/mol. The number of aromatic nitrogens is 2. The number of aromatic amines is 1. The molecule has 1 heterocycles. The topological polar surface area (TPSA) is 81.2 Å². The van der Waals surface area contributed by atoms with Crippen molar-refractivity contribution in [3.8, 4) is 0 Å². The maximum absolute atomic E-state index is 12.6. The monoisotopic (exact) mass is 348 g/mol. The molecule has 24 heavy (non-hydrogen) atoms. The Labute approximate surface area is 136 Å². The highest BCUT2D eigenvalue weighted by Crippen LogP contribution is 2.25. The second-order valence-corrected chi connectivity index (χ2v) is 5.29. The third kappa shape index (κ3) is 5.71. The molecule has 0 aliphatic heterocycles. The van der Waals surface area contributed by atoms with Crippen molar-refractivity contribution in [2.45, 2.75) is 45.3 Å². The van der Waals surface area contributed by atoms with Gasteiger partial charge in [-0.05, 0) is 26.2 Å². The predicted octanol–water partition coefficient (Wildman–Crippen LogP) is 2.24. The number of nitrogens with one attached hydrogen (secondary N) is 1. The smallest absolute Gasteiger partial charge is 0.423 e. The second-order valence-electron chi connectivity index (χ2n) is 5.29. The average molecular weight is 348 g/mol. The first kappa shape index (κ1) is 19.7. The van der Waals surface area contributed by atoms with Crippen LogP contribution in [-0.2, 0) is 22.3 Å². The number of rotatable bonds is 8. The van der Waals surface area contributed by atoms with Crippen LogP contribution in [0.25, 0.3) is 0 Å². The number of ether oxygens (including phenoxy) is 1. The molecule has 1 rings (SSSR count). The lowest BCUT2D eigenvalue weighted by Crippen LogP contribution is -2.39. The molecule has 9 heteroatoms. The van der Waals surface area contributed by atoms with Crippen molar-refractivity contribution in [1.29, 1.82) is 0 Å². The number of carbonyl (C=O) groups excluding carboxylic acids is 1. The van der Waals surface area contributed by atoms with E-state index < -0.39 is 29.0 Å². The summed E-state index contributed by atoms with van der Waals surface area (Å²) in [6, 6.07) is 0. The van der Waals surface area contributed by atoms with Crippen LogP contribution in [0.1, 0.15) is 38.2 Å². The summed E-state index contributed by atoms with van der Waals surface area (Å²) in [4.78, 5) is 36.2. The fraction of sp³-hybridized carbons (Fsp3) is 0.533. The standard InChI is InChI=1S/C15H19F3N2O4/c1-10(2)13(22)24-8-6-4-3-5-7-20-12(21)11(15(16,17)18)9-19-14(20)23/h9H,1,3-8H2,2H3,(H,19,23). The molecule has 0 unspecified atom stereocenters. The highest BCUT2D eigenvalue weighted by molar-refractivity contribution is 5.86. The number of alkyl halides is 3. The van der Waals surface area contributed by atoms with E-state index in [0.717, 1.165) is 0 Å². The Bertz CT molecular complexity index is 704. The van der Waals surface area contributed by atoms with Gasteiger partial charge in [-0.3, -0.25) is 9.36 Å². The molecule has 0 amide bonds. The summed E-state index contributed by atoms with van der Waals surface area (Å²) in [7, 11) is 0. The summed E-state index contributed by atoms with van der Waals surface area (Å²) in [6.45, 7) is 5.08. The summed E-state index contributed by atoms with van der Waals surface area (Å²) >= 11 is 0. The quantitative estimate of drug-likeness (QED) is 0.444. The molecule has 0 bridgehead atoms. The molecule has 0 aliphatic rings. The molecule has 0 atom stereocenters. The van der Waals surface area contributed by atoms with Gasteiger partial charge in [-0.25, -0.2) is 9.59 Å². The van der Waals surface area contributed by atoms with Crippen molar-refractivity contribution in [1.82, 2.24) is 9.55 Å². The first-order valence-corrected chi connectivity index (χ1v) is 7.37. The minimum Gasteiger partial charge on any atom is -0.462 e. The molecule has 0 radical (unpaired) electrons. The number of halogens is 3. The molecule has 1 N–H and O–H groups in total. The van der Waals surface area contributed by atoms with Gasteiger partial charge in [0.2, 0.25) is 0 Å². The van der Waals surface area contributed by atoms with Gasteiger partial charge in [0.25, 0.3) is 5.56 Å². The van der Waals surface area contributed by atoms with Gasteiger partial charge < -0.3 is 9.72 Å². The van der Waals surface area contributed by atoms with Gasteiger partial charge in [0.05, 0.1) is 6.61 Å². The molecule has 0 aliphatic carbocycles. The van der Waals surface area contributed by atoms with Crippen LogP contribution in [-0.4, -0.2) is 22.1 Å². The first-order chi connectivity index (χ1) is 11.1. The van der Waals surface area contributed by atoms with E-state index in [1.54, 1.807) is 0 Å². The SMILES string of the molecule is C=C(C)C(=O)OCCCCCCn1c(=O)[nH]cc(C(F)(F)F)c1=O. The van der Waals surface area contributed by atoms with Crippen LogP contribution in [0.2, 0.25) is 0 Å². The van der Waals surface area contributed by atoms with Crippen molar-refractivity contribution in [3.05, 3.63) is 44.8 Å². The van der Waals surface area contributed by atoms with Crippen LogP contribution in [0.3, 0.4) is 0 Å². The Morgan fingerprint density at radius 1 is 1.25 bits per heavy atom. The van der Waals surface area contributed by atoms with E-state index in [0.29, 0.717) is 42.0 Å². The van der Waals surface area contributed by atoms with Crippen molar-refractivity contribution >= 4 is 5.97 Å². The second kappa shape index (κ2) is 8.51. The van der Waals surface area contributed by atoms with Gasteiger partial charge in [-0.2, -0.15) is 13.2 Å². The number of unbranched alkanes of at least 4 members (excludes halogenated alkanes) is 3. The maximum Gasteiger partial charge on any atom is 0.423 e. The van der Waals surface area contributed by atoms with Gasteiger partial charge in [-0.15, -0.1) is 0 Å². The van der Waals surface area contributed by atoms with E-state index in [1.807, 2.05) is 4.98 Å². The number of esters is 1. The number of carbonyl (C=O) groups is 1. The predicted molar refractivity (Wildman–Crippen MR) is 80.6 cm³/mol. The van der Waals surface area contributed by atoms with E-state index >= 15 is 0 Å². The lowest BCUT2D eigenvalue weighted by molar-refractivity contribution is -0.140. The molecule has 1 aromatic heterocycles.